The third kappa shape index (κ3) is 11.0. The van der Waals surface area contributed by atoms with Gasteiger partial charge in [0.15, 0.2) is 0 Å². The number of carboxylic acids is 4. The summed E-state index contributed by atoms with van der Waals surface area (Å²) in [7, 11) is 0. The Morgan fingerprint density at radius 2 is 1.28 bits per heavy atom. The molecule has 0 bridgehead atoms. The van der Waals surface area contributed by atoms with Gasteiger partial charge in [-0.3, -0.25) is 19.2 Å². The number of amides is 3. The molecule has 0 unspecified atom stereocenters. The molecule has 0 aliphatic heterocycles. The van der Waals surface area contributed by atoms with E-state index in [1.807, 2.05) is 0 Å². The van der Waals surface area contributed by atoms with Crippen molar-refractivity contribution in [2.45, 2.75) is 69.5 Å². The summed E-state index contributed by atoms with van der Waals surface area (Å²) in [5.41, 5.74) is 7.28. The van der Waals surface area contributed by atoms with Crippen LogP contribution in [-0.2, 0) is 41.6 Å². The van der Waals surface area contributed by atoms with Crippen LogP contribution in [0, 0.1) is 0 Å². The molecule has 0 fully saturated rings. The Labute approximate surface area is 287 Å². The number of aryl methyl sites for hydroxylation is 2. The number of halogens is 1. The summed E-state index contributed by atoms with van der Waals surface area (Å²) in [6.07, 6.45) is -0.422. The fraction of sp³-hybridized carbons (Fsp3) is 0.367. The number of carbonyl (C=O) groups excluding carboxylic acids is 3. The normalized spacial score (nSPS) is 12.7. The van der Waals surface area contributed by atoms with Gasteiger partial charge in [0.1, 0.15) is 23.8 Å². The van der Waals surface area contributed by atoms with E-state index in [9.17, 15) is 48.9 Å². The van der Waals surface area contributed by atoms with E-state index in [4.69, 9.17) is 27.5 Å². The molecule has 19 nitrogen and oxygen atoms in total. The van der Waals surface area contributed by atoms with Crippen molar-refractivity contribution in [3.8, 4) is 5.88 Å². The molecular formula is C30H34ClN7O12. The number of nitrogens with one attached hydrogen (secondary N) is 4. The molecule has 2 aromatic heterocycles. The average Bonchev–Trinajstić information content (AvgIpc) is 3.44. The largest absolute Gasteiger partial charge is 0.493 e. The zero-order valence-electron chi connectivity index (χ0n) is 26.1. The van der Waals surface area contributed by atoms with Crippen molar-refractivity contribution in [2.24, 2.45) is 0 Å². The van der Waals surface area contributed by atoms with Gasteiger partial charge in [0, 0.05) is 36.0 Å². The van der Waals surface area contributed by atoms with Gasteiger partial charge in [-0.05, 0) is 55.4 Å². The van der Waals surface area contributed by atoms with Gasteiger partial charge < -0.3 is 52.2 Å². The van der Waals surface area contributed by atoms with E-state index in [0.29, 0.717) is 35.0 Å². The minimum absolute atomic E-state index is 0.0281. The number of aromatic nitrogens is 3. The zero-order valence-corrected chi connectivity index (χ0v) is 26.9. The highest BCUT2D eigenvalue weighted by atomic mass is 35.5. The molecule has 50 heavy (non-hydrogen) atoms. The number of benzene rings is 1. The molecular weight excluding hydrogens is 686 g/mol. The number of hydrogen-bond donors (Lipinski definition) is 10. The monoisotopic (exact) mass is 719 g/mol. The van der Waals surface area contributed by atoms with Gasteiger partial charge >= 0.3 is 23.9 Å². The third-order valence-corrected chi connectivity index (χ3v) is 7.78. The lowest BCUT2D eigenvalue weighted by Crippen LogP contribution is -2.45. The number of aromatic amines is 1. The number of nitrogens with zero attached hydrogens (tertiary/aromatic N) is 2. The summed E-state index contributed by atoms with van der Waals surface area (Å²) in [5, 5.41) is 54.3. The summed E-state index contributed by atoms with van der Waals surface area (Å²) < 4.78 is 0. The summed E-state index contributed by atoms with van der Waals surface area (Å²) in [6, 6.07) is -0.316. The van der Waals surface area contributed by atoms with E-state index in [-0.39, 0.29) is 22.4 Å². The predicted molar refractivity (Wildman–Crippen MR) is 172 cm³/mol. The Morgan fingerprint density at radius 3 is 1.80 bits per heavy atom. The molecule has 0 spiro atoms. The van der Waals surface area contributed by atoms with Gasteiger partial charge in [0.05, 0.1) is 5.39 Å². The smallest absolute Gasteiger partial charge is 0.326 e. The molecule has 3 amide bonds. The van der Waals surface area contributed by atoms with Gasteiger partial charge in [-0.1, -0.05) is 17.7 Å². The standard InChI is InChI=1S/C30H34ClN7O12/c31-16-11-14(3-1-13(16)2-4-15-12-33-24-23(15)26(44)38-30(32)37-24)25(43)36-19(29(49)50)6-9-21(40)34-17(27(45)46)5-8-20(39)35-18(28(47)48)7-10-22(41)42/h1,3,11-12,17-19H,2,4-10H2,(H,34,40)(H,35,39)(H,36,43)(H,41,42)(H,45,46)(H,47,48)(H,49,50)(H4,32,33,37,38,44)/t17-,18-,19-/m0/s1. The highest BCUT2D eigenvalue weighted by Crippen LogP contribution is 2.28. The van der Waals surface area contributed by atoms with Crippen molar-refractivity contribution in [2.75, 3.05) is 5.73 Å². The fourth-order valence-corrected chi connectivity index (χ4v) is 5.09. The lowest BCUT2D eigenvalue weighted by atomic mass is 10.0. The maximum absolute atomic E-state index is 12.9. The first-order chi connectivity index (χ1) is 23.5. The summed E-state index contributed by atoms with van der Waals surface area (Å²) in [4.78, 5) is 93.6. The SMILES string of the molecule is Nc1nc(O)c2c(CCc3ccc(C(=O)N[C@@H](CCC(=O)N[C@@H](CCC(=O)N[C@@H](CCC(=O)O)C(=O)O)C(=O)O)C(=O)O)cc3Cl)c[nH]c2n1. The van der Waals surface area contributed by atoms with Crippen LogP contribution in [0.5, 0.6) is 5.88 Å². The molecule has 0 saturated heterocycles. The van der Waals surface area contributed by atoms with E-state index in [1.54, 1.807) is 12.3 Å². The Hall–Kier alpha value is -5.98. The lowest BCUT2D eigenvalue weighted by Gasteiger charge is -2.18. The predicted octanol–water partition coefficient (Wildman–Crippen LogP) is 0.431. The first kappa shape index (κ1) is 38.5. The highest BCUT2D eigenvalue weighted by Gasteiger charge is 2.26. The number of nitrogen functional groups attached to an aromatic ring is 1. The molecule has 0 aliphatic carbocycles. The molecule has 2 heterocycles. The van der Waals surface area contributed by atoms with E-state index in [1.165, 1.54) is 12.1 Å². The van der Waals surface area contributed by atoms with E-state index < -0.39 is 98.2 Å². The quantitative estimate of drug-likeness (QED) is 0.0803. The van der Waals surface area contributed by atoms with Crippen molar-refractivity contribution >= 4 is 70.2 Å². The van der Waals surface area contributed by atoms with Crippen LogP contribution < -0.4 is 21.7 Å². The number of aromatic hydroxyl groups is 1. The molecule has 0 saturated carbocycles. The van der Waals surface area contributed by atoms with Crippen LogP contribution in [0.4, 0.5) is 5.95 Å². The van der Waals surface area contributed by atoms with Crippen molar-refractivity contribution < 1.29 is 59.1 Å². The minimum atomic E-state index is -1.59. The Morgan fingerprint density at radius 1 is 0.760 bits per heavy atom. The van der Waals surface area contributed by atoms with Gasteiger partial charge in [-0.2, -0.15) is 9.97 Å². The zero-order chi connectivity index (χ0) is 37.1. The number of hydrogen-bond acceptors (Lipinski definition) is 11. The number of fused-ring (bicyclic) bond motifs is 1. The maximum atomic E-state index is 12.9. The molecule has 20 heteroatoms. The van der Waals surface area contributed by atoms with Crippen LogP contribution in [0.1, 0.15) is 60.0 Å². The van der Waals surface area contributed by atoms with Gasteiger partial charge in [0.2, 0.25) is 23.6 Å². The van der Waals surface area contributed by atoms with Gasteiger partial charge in [0.25, 0.3) is 5.91 Å². The van der Waals surface area contributed by atoms with Crippen molar-refractivity contribution in [1.29, 1.82) is 0 Å². The van der Waals surface area contributed by atoms with Crippen LogP contribution >= 0.6 is 11.6 Å². The molecule has 3 aromatic rings. The van der Waals surface area contributed by atoms with Crippen LogP contribution in [0.25, 0.3) is 11.0 Å². The molecule has 11 N–H and O–H groups in total. The minimum Gasteiger partial charge on any atom is -0.493 e. The number of carbonyl (C=O) groups is 7. The second-order valence-corrected chi connectivity index (χ2v) is 11.4. The molecule has 1 aromatic carbocycles. The number of anilines is 1. The molecule has 3 atom stereocenters. The first-order valence-corrected chi connectivity index (χ1v) is 15.3. The van der Waals surface area contributed by atoms with E-state index >= 15 is 0 Å². The van der Waals surface area contributed by atoms with Crippen molar-refractivity contribution in [1.82, 2.24) is 30.9 Å². The van der Waals surface area contributed by atoms with Crippen LogP contribution in [0.3, 0.4) is 0 Å². The number of nitrogens with two attached hydrogens (primary N) is 1. The second kappa shape index (κ2) is 17.4. The Balaban J connectivity index is 1.52. The summed E-state index contributed by atoms with van der Waals surface area (Å²) in [6.45, 7) is 0. The first-order valence-electron chi connectivity index (χ1n) is 15.0. The second-order valence-electron chi connectivity index (χ2n) is 11.0. The van der Waals surface area contributed by atoms with Crippen LogP contribution in [0.2, 0.25) is 5.02 Å². The average molecular weight is 720 g/mol. The van der Waals surface area contributed by atoms with Crippen LogP contribution in [-0.4, -0.2) is 100 Å². The van der Waals surface area contributed by atoms with Gasteiger partial charge in [-0.15, -0.1) is 0 Å². The van der Waals surface area contributed by atoms with Gasteiger partial charge in [-0.25, -0.2) is 14.4 Å². The topological polar surface area (TPSA) is 324 Å². The number of aliphatic carboxylic acids is 4. The Kier molecular flexibility index (Phi) is 13.4. The maximum Gasteiger partial charge on any atom is 0.326 e. The fourth-order valence-electron chi connectivity index (χ4n) is 4.82. The lowest BCUT2D eigenvalue weighted by molar-refractivity contribution is -0.144. The Bertz CT molecular complexity index is 1800. The third-order valence-electron chi connectivity index (χ3n) is 7.43. The molecule has 0 aliphatic rings. The van der Waals surface area contributed by atoms with E-state index in [2.05, 4.69) is 30.9 Å². The number of H-pyrrole nitrogens is 1. The highest BCUT2D eigenvalue weighted by molar-refractivity contribution is 6.31. The van der Waals surface area contributed by atoms with E-state index in [0.717, 1.165) is 0 Å². The van der Waals surface area contributed by atoms with Crippen molar-refractivity contribution in [3.63, 3.8) is 0 Å². The van der Waals surface area contributed by atoms with Crippen molar-refractivity contribution in [3.05, 3.63) is 46.1 Å². The molecule has 3 rings (SSSR count). The number of rotatable bonds is 19. The summed E-state index contributed by atoms with van der Waals surface area (Å²) in [5.74, 6) is -8.70. The molecule has 268 valence electrons. The van der Waals surface area contributed by atoms with Crippen LogP contribution in [0.15, 0.2) is 24.4 Å². The summed E-state index contributed by atoms with van der Waals surface area (Å²) >= 11 is 6.40. The number of carboxylic acid groups (broad SMARTS) is 4. The molecule has 0 radical (unpaired) electrons.